The van der Waals surface area contributed by atoms with Gasteiger partial charge in [-0.15, -0.1) is 24.8 Å². The van der Waals surface area contributed by atoms with Gasteiger partial charge in [0.2, 0.25) is 0 Å². The van der Waals surface area contributed by atoms with Crippen molar-refractivity contribution in [2.24, 2.45) is 5.92 Å². The molecule has 0 spiro atoms. The second-order valence-corrected chi connectivity index (χ2v) is 6.92. The van der Waals surface area contributed by atoms with E-state index in [9.17, 15) is 0 Å². The average Bonchev–Trinajstić information content (AvgIpc) is 2.62. The van der Waals surface area contributed by atoms with Gasteiger partial charge < -0.3 is 10.1 Å². The second kappa shape index (κ2) is 11.5. The Bertz CT molecular complexity index is 614. The summed E-state index contributed by atoms with van der Waals surface area (Å²) < 4.78 is 5.92. The molecule has 2 aromatic carbocycles. The summed E-state index contributed by atoms with van der Waals surface area (Å²) in [4.78, 5) is 2.61. The molecule has 0 saturated carbocycles. The molecule has 0 bridgehead atoms. The van der Waals surface area contributed by atoms with Gasteiger partial charge in [0.15, 0.2) is 0 Å². The Hall–Kier alpha value is -1.26. The third-order valence-corrected chi connectivity index (χ3v) is 4.53. The number of hydrogen-bond acceptors (Lipinski definition) is 3. The molecule has 3 rings (SSSR count). The molecule has 2 aromatic rings. The number of nitrogens with zero attached hydrogens (tertiary/aromatic N) is 1. The lowest BCUT2D eigenvalue weighted by atomic mass is 9.95. The van der Waals surface area contributed by atoms with Crippen molar-refractivity contribution >= 4 is 24.8 Å². The fourth-order valence-electron chi connectivity index (χ4n) is 3.32. The molecule has 0 amide bonds. The summed E-state index contributed by atoms with van der Waals surface area (Å²) in [6.45, 7) is 9.04. The Kier molecular flexibility index (Phi) is 10.0. The number of hydrogen-bond donors (Lipinski definition) is 1. The lowest BCUT2D eigenvalue weighted by Crippen LogP contribution is -2.45. The summed E-state index contributed by atoms with van der Waals surface area (Å²) in [6, 6.07) is 19.1. The smallest absolute Gasteiger partial charge is 0.127 e. The first-order chi connectivity index (χ1) is 11.7. The molecule has 0 radical (unpaired) electrons. The third-order valence-electron chi connectivity index (χ3n) is 4.53. The van der Waals surface area contributed by atoms with E-state index in [-0.39, 0.29) is 24.8 Å². The zero-order chi connectivity index (χ0) is 16.8. The molecule has 1 N–H and O–H groups in total. The van der Waals surface area contributed by atoms with Gasteiger partial charge >= 0.3 is 0 Å². The van der Waals surface area contributed by atoms with E-state index >= 15 is 0 Å². The van der Waals surface area contributed by atoms with Crippen molar-refractivity contribution in [3.05, 3.63) is 60.2 Å². The zero-order valence-electron chi connectivity index (χ0n) is 15.6. The molecule has 5 heteroatoms. The normalized spacial score (nSPS) is 15.7. The molecule has 1 fully saturated rings. The average molecular weight is 397 g/mol. The number of benzene rings is 2. The topological polar surface area (TPSA) is 24.5 Å². The Morgan fingerprint density at radius 2 is 1.46 bits per heavy atom. The summed E-state index contributed by atoms with van der Waals surface area (Å²) in [7, 11) is 0. The first-order valence-corrected chi connectivity index (χ1v) is 9.00. The van der Waals surface area contributed by atoms with E-state index in [0.29, 0.717) is 12.0 Å². The Morgan fingerprint density at radius 3 is 2.04 bits per heavy atom. The molecule has 144 valence electrons. The maximum absolute atomic E-state index is 5.92. The first kappa shape index (κ1) is 22.8. The number of halogens is 2. The molecule has 1 aliphatic heterocycles. The highest BCUT2D eigenvalue weighted by atomic mass is 35.5. The summed E-state index contributed by atoms with van der Waals surface area (Å²) in [6.07, 6.45) is 1.19. The molecule has 1 atom stereocenters. The summed E-state index contributed by atoms with van der Waals surface area (Å²) in [5.74, 6) is 2.46. The van der Waals surface area contributed by atoms with Gasteiger partial charge in [0.05, 0.1) is 0 Å². The van der Waals surface area contributed by atoms with Gasteiger partial charge in [-0.05, 0) is 42.2 Å². The van der Waals surface area contributed by atoms with Crippen LogP contribution in [-0.2, 0) is 0 Å². The van der Waals surface area contributed by atoms with Crippen molar-refractivity contribution in [1.29, 1.82) is 0 Å². The van der Waals surface area contributed by atoms with E-state index in [1.165, 1.54) is 12.0 Å². The lowest BCUT2D eigenvalue weighted by Gasteiger charge is -2.36. The van der Waals surface area contributed by atoms with Crippen LogP contribution < -0.4 is 10.1 Å². The van der Waals surface area contributed by atoms with Crippen molar-refractivity contribution in [3.63, 3.8) is 0 Å². The number of piperazine rings is 1. The zero-order valence-corrected chi connectivity index (χ0v) is 17.2. The van der Waals surface area contributed by atoms with Gasteiger partial charge in [-0.2, -0.15) is 0 Å². The predicted molar refractivity (Wildman–Crippen MR) is 114 cm³/mol. The maximum Gasteiger partial charge on any atom is 0.127 e. The van der Waals surface area contributed by atoms with Crippen LogP contribution in [-0.4, -0.2) is 31.1 Å². The van der Waals surface area contributed by atoms with Crippen LogP contribution >= 0.6 is 24.8 Å². The number of ether oxygens (including phenoxy) is 1. The van der Waals surface area contributed by atoms with Crippen molar-refractivity contribution < 1.29 is 4.74 Å². The van der Waals surface area contributed by atoms with Gasteiger partial charge in [0, 0.05) is 32.2 Å². The monoisotopic (exact) mass is 396 g/mol. The van der Waals surface area contributed by atoms with E-state index in [1.807, 2.05) is 30.3 Å². The van der Waals surface area contributed by atoms with E-state index in [1.54, 1.807) is 0 Å². The summed E-state index contributed by atoms with van der Waals surface area (Å²) in [5, 5.41) is 3.45. The second-order valence-electron chi connectivity index (χ2n) is 6.92. The van der Waals surface area contributed by atoms with Crippen LogP contribution in [0.4, 0.5) is 0 Å². The van der Waals surface area contributed by atoms with Gasteiger partial charge in [-0.25, -0.2) is 0 Å². The highest BCUT2D eigenvalue weighted by molar-refractivity contribution is 5.85. The van der Waals surface area contributed by atoms with Crippen LogP contribution in [0.25, 0.3) is 0 Å². The van der Waals surface area contributed by atoms with Crippen LogP contribution in [0.15, 0.2) is 54.6 Å². The van der Waals surface area contributed by atoms with E-state index in [0.717, 1.165) is 37.7 Å². The molecule has 1 saturated heterocycles. The largest absolute Gasteiger partial charge is 0.457 e. The minimum Gasteiger partial charge on any atom is -0.457 e. The van der Waals surface area contributed by atoms with E-state index < -0.39 is 0 Å². The molecule has 3 nitrogen and oxygen atoms in total. The molecular weight excluding hydrogens is 367 g/mol. The van der Waals surface area contributed by atoms with Crippen LogP contribution in [0, 0.1) is 5.92 Å². The Morgan fingerprint density at radius 1 is 0.885 bits per heavy atom. The van der Waals surface area contributed by atoms with E-state index in [4.69, 9.17) is 4.74 Å². The Balaban J connectivity index is 0.00000169. The number of nitrogens with one attached hydrogen (secondary N) is 1. The fourth-order valence-corrected chi connectivity index (χ4v) is 3.32. The van der Waals surface area contributed by atoms with Crippen molar-refractivity contribution in [3.8, 4) is 11.5 Å². The van der Waals surface area contributed by atoms with Crippen LogP contribution in [0.2, 0.25) is 0 Å². The van der Waals surface area contributed by atoms with Crippen LogP contribution in [0.3, 0.4) is 0 Å². The quantitative estimate of drug-likeness (QED) is 0.715. The van der Waals surface area contributed by atoms with Crippen LogP contribution in [0.1, 0.15) is 31.9 Å². The maximum atomic E-state index is 5.92. The molecule has 26 heavy (non-hydrogen) atoms. The van der Waals surface area contributed by atoms with E-state index in [2.05, 4.69) is 48.3 Å². The minimum atomic E-state index is 0. The van der Waals surface area contributed by atoms with Crippen molar-refractivity contribution in [2.45, 2.75) is 26.3 Å². The summed E-state index contributed by atoms with van der Waals surface area (Å²) in [5.41, 5.74) is 1.39. The number of para-hydroxylation sites is 1. The molecule has 1 heterocycles. The third kappa shape index (κ3) is 6.48. The predicted octanol–water partition coefficient (Wildman–Crippen LogP) is 5.31. The molecule has 0 unspecified atom stereocenters. The van der Waals surface area contributed by atoms with Gasteiger partial charge in [0.1, 0.15) is 11.5 Å². The summed E-state index contributed by atoms with van der Waals surface area (Å²) >= 11 is 0. The highest BCUT2D eigenvalue weighted by Gasteiger charge is 2.23. The van der Waals surface area contributed by atoms with Gasteiger partial charge in [0.25, 0.3) is 0 Å². The molecular formula is C21H30Cl2N2O. The fraction of sp³-hybridized carbons (Fsp3) is 0.429. The number of rotatable bonds is 6. The highest BCUT2D eigenvalue weighted by Crippen LogP contribution is 2.30. The molecule has 0 aromatic heterocycles. The first-order valence-electron chi connectivity index (χ1n) is 9.00. The van der Waals surface area contributed by atoms with Gasteiger partial charge in [-0.1, -0.05) is 44.2 Å². The standard InChI is InChI=1S/C21H28N2O.2ClH/c1-17(2)16-21(23-14-12-22-13-15-23)18-8-10-20(11-9-18)24-19-6-4-3-5-7-19;;/h3-11,17,21-22H,12-16H2,1-2H3;2*1H/t21-;;/m0../s1. The van der Waals surface area contributed by atoms with Crippen LogP contribution in [0.5, 0.6) is 11.5 Å². The minimum absolute atomic E-state index is 0. The molecule has 1 aliphatic rings. The molecule has 0 aliphatic carbocycles. The lowest BCUT2D eigenvalue weighted by molar-refractivity contribution is 0.154. The Labute approximate surface area is 169 Å². The van der Waals surface area contributed by atoms with Crippen molar-refractivity contribution in [2.75, 3.05) is 26.2 Å². The van der Waals surface area contributed by atoms with Crippen molar-refractivity contribution in [1.82, 2.24) is 10.2 Å². The SMILES string of the molecule is CC(C)C[C@@H](c1ccc(Oc2ccccc2)cc1)N1CCNCC1.Cl.Cl. The van der Waals surface area contributed by atoms with Gasteiger partial charge in [-0.3, -0.25) is 4.90 Å².